The van der Waals surface area contributed by atoms with Crippen molar-refractivity contribution >= 4 is 11.8 Å². The Kier molecular flexibility index (Phi) is 7.27. The van der Waals surface area contributed by atoms with Crippen molar-refractivity contribution in [2.24, 2.45) is 17.3 Å². The first-order valence-electron chi connectivity index (χ1n) is 11.7. The van der Waals surface area contributed by atoms with E-state index in [4.69, 9.17) is 0 Å². The molecule has 0 aromatic carbocycles. The third kappa shape index (κ3) is 5.31. The van der Waals surface area contributed by atoms with Gasteiger partial charge in [0, 0.05) is 4.75 Å². The minimum Gasteiger partial charge on any atom is -0.388 e. The first kappa shape index (κ1) is 22.9. The van der Waals surface area contributed by atoms with Crippen LogP contribution in [0.2, 0.25) is 0 Å². The van der Waals surface area contributed by atoms with E-state index in [9.17, 15) is 5.11 Å². The van der Waals surface area contributed by atoms with Gasteiger partial charge in [0.05, 0.1) is 6.10 Å². The predicted octanol–water partition coefficient (Wildman–Crippen LogP) is 7.63. The van der Waals surface area contributed by atoms with Gasteiger partial charge >= 0.3 is 0 Å². The van der Waals surface area contributed by atoms with E-state index in [2.05, 4.69) is 71.2 Å². The van der Waals surface area contributed by atoms with Crippen LogP contribution >= 0.6 is 11.8 Å². The summed E-state index contributed by atoms with van der Waals surface area (Å²) in [4.78, 5) is 0. The van der Waals surface area contributed by atoms with Crippen molar-refractivity contribution in [1.82, 2.24) is 0 Å². The molecule has 0 bridgehead atoms. The highest BCUT2D eigenvalue weighted by Gasteiger charge is 2.45. The minimum atomic E-state index is -0.336. The molecule has 3 aliphatic carbocycles. The van der Waals surface area contributed by atoms with Gasteiger partial charge in [-0.2, -0.15) is 11.8 Å². The summed E-state index contributed by atoms with van der Waals surface area (Å²) >= 11 is 2.10. The number of aliphatic hydroxyl groups is 1. The van der Waals surface area contributed by atoms with Crippen LogP contribution in [-0.2, 0) is 0 Å². The number of allylic oxidation sites excluding steroid dienone is 5. The van der Waals surface area contributed by atoms with Crippen molar-refractivity contribution in [2.75, 3.05) is 5.75 Å². The molecule has 2 fully saturated rings. The van der Waals surface area contributed by atoms with E-state index >= 15 is 0 Å². The summed E-state index contributed by atoms with van der Waals surface area (Å²) in [7, 11) is 0. The Morgan fingerprint density at radius 3 is 2.76 bits per heavy atom. The van der Waals surface area contributed by atoms with Crippen molar-refractivity contribution in [3.05, 3.63) is 47.1 Å². The largest absolute Gasteiger partial charge is 0.388 e. The molecule has 2 heteroatoms. The highest BCUT2D eigenvalue weighted by atomic mass is 32.2. The zero-order chi connectivity index (χ0) is 21.2. The quantitative estimate of drug-likeness (QED) is 0.466. The van der Waals surface area contributed by atoms with E-state index in [1.54, 1.807) is 11.1 Å². The summed E-state index contributed by atoms with van der Waals surface area (Å²) in [5, 5.41) is 10.1. The van der Waals surface area contributed by atoms with Gasteiger partial charge in [-0.25, -0.2) is 0 Å². The van der Waals surface area contributed by atoms with E-state index in [0.717, 1.165) is 24.8 Å². The third-order valence-electron chi connectivity index (χ3n) is 7.46. The molecule has 0 heterocycles. The Bertz CT molecular complexity index is 705. The smallest absolute Gasteiger partial charge is 0.0787 e. The van der Waals surface area contributed by atoms with Crippen LogP contribution in [0.4, 0.5) is 0 Å². The lowest BCUT2D eigenvalue weighted by Crippen LogP contribution is -2.32. The molecule has 0 radical (unpaired) electrons. The number of fused-ring (bicyclic) bond motifs is 1. The summed E-state index contributed by atoms with van der Waals surface area (Å²) in [5.74, 6) is 2.61. The maximum Gasteiger partial charge on any atom is 0.0787 e. The van der Waals surface area contributed by atoms with E-state index in [1.165, 1.54) is 43.4 Å². The number of hydrogen-bond donors (Lipinski definition) is 1. The van der Waals surface area contributed by atoms with Gasteiger partial charge in [0.1, 0.15) is 0 Å². The monoisotopic (exact) mass is 414 g/mol. The fraction of sp³-hybridized carbons (Fsp3) is 0.704. The maximum atomic E-state index is 10.1. The summed E-state index contributed by atoms with van der Waals surface area (Å²) in [6.45, 7) is 16.1. The molecule has 0 aliphatic heterocycles. The molecule has 1 N–H and O–H groups in total. The lowest BCUT2D eigenvalue weighted by atomic mass is 9.62. The van der Waals surface area contributed by atoms with E-state index in [-0.39, 0.29) is 6.10 Å². The van der Waals surface area contributed by atoms with Crippen molar-refractivity contribution in [2.45, 2.75) is 96.8 Å². The molecule has 1 nitrogen and oxygen atoms in total. The first-order chi connectivity index (χ1) is 13.6. The number of hydrogen-bond acceptors (Lipinski definition) is 2. The maximum absolute atomic E-state index is 10.1. The first-order valence-corrected chi connectivity index (χ1v) is 12.7. The molecule has 29 heavy (non-hydrogen) atoms. The van der Waals surface area contributed by atoms with E-state index < -0.39 is 0 Å². The van der Waals surface area contributed by atoms with Crippen molar-refractivity contribution in [1.29, 1.82) is 0 Å². The molecule has 0 amide bonds. The van der Waals surface area contributed by atoms with Crippen LogP contribution in [0.15, 0.2) is 47.1 Å². The number of aliphatic hydroxyl groups excluding tert-OH is 1. The topological polar surface area (TPSA) is 20.2 Å². The summed E-state index contributed by atoms with van der Waals surface area (Å²) < 4.78 is 0.362. The molecule has 0 saturated heterocycles. The molecule has 3 unspecified atom stereocenters. The van der Waals surface area contributed by atoms with Gasteiger partial charge in [0.2, 0.25) is 0 Å². The zero-order valence-electron chi connectivity index (χ0n) is 19.4. The van der Waals surface area contributed by atoms with Crippen LogP contribution in [0.5, 0.6) is 0 Å². The zero-order valence-corrected chi connectivity index (χ0v) is 20.2. The fourth-order valence-electron chi connectivity index (χ4n) is 5.75. The van der Waals surface area contributed by atoms with Crippen LogP contribution < -0.4 is 0 Å². The Hall–Kier alpha value is -0.730. The highest BCUT2D eigenvalue weighted by Crippen LogP contribution is 2.57. The van der Waals surface area contributed by atoms with Gasteiger partial charge in [-0.3, -0.25) is 0 Å². The minimum absolute atomic E-state index is 0.336. The van der Waals surface area contributed by atoms with Crippen molar-refractivity contribution in [3.8, 4) is 0 Å². The number of rotatable bonds is 5. The second-order valence-electron chi connectivity index (χ2n) is 10.7. The van der Waals surface area contributed by atoms with Gasteiger partial charge in [0.25, 0.3) is 0 Å². The van der Waals surface area contributed by atoms with Gasteiger partial charge in [-0.05, 0) is 85.5 Å². The molecular formula is C27H42OS. The normalized spacial score (nSPS) is 34.4. The predicted molar refractivity (Wildman–Crippen MR) is 129 cm³/mol. The lowest BCUT2D eigenvalue weighted by molar-refractivity contribution is 0.191. The molecular weight excluding hydrogens is 372 g/mol. The summed E-state index contributed by atoms with van der Waals surface area (Å²) in [6, 6.07) is 0. The lowest BCUT2D eigenvalue weighted by Gasteiger charge is -2.42. The van der Waals surface area contributed by atoms with Gasteiger partial charge in [-0.15, -0.1) is 0 Å². The highest BCUT2D eigenvalue weighted by molar-refractivity contribution is 8.00. The molecule has 162 valence electrons. The summed E-state index contributed by atoms with van der Waals surface area (Å²) in [5.41, 5.74) is 5.91. The SMILES string of the molecule is C=C1/C(=C\C=C2/CCCC3(C)C([C@H](C)CCSC(C)(C)C)=CCC23)CCCC1O. The van der Waals surface area contributed by atoms with Crippen LogP contribution in [-0.4, -0.2) is 21.7 Å². The fourth-order valence-corrected chi connectivity index (χ4v) is 6.83. The molecule has 0 aromatic heterocycles. The van der Waals surface area contributed by atoms with Crippen LogP contribution in [0.25, 0.3) is 0 Å². The second-order valence-corrected chi connectivity index (χ2v) is 12.7. The van der Waals surface area contributed by atoms with Gasteiger partial charge in [0.15, 0.2) is 0 Å². The Morgan fingerprint density at radius 2 is 2.03 bits per heavy atom. The van der Waals surface area contributed by atoms with Crippen molar-refractivity contribution in [3.63, 3.8) is 0 Å². The molecule has 0 aromatic rings. The second kappa shape index (κ2) is 9.18. The van der Waals surface area contributed by atoms with Gasteiger partial charge in [-0.1, -0.05) is 70.6 Å². The summed E-state index contributed by atoms with van der Waals surface area (Å²) in [6.07, 6.45) is 16.3. The van der Waals surface area contributed by atoms with E-state index in [1.807, 2.05) is 0 Å². The molecule has 2 saturated carbocycles. The number of thioether (sulfide) groups is 1. The average Bonchev–Trinajstić information content (AvgIpc) is 2.99. The molecule has 3 rings (SSSR count). The Morgan fingerprint density at radius 1 is 1.28 bits per heavy atom. The molecule has 3 aliphatic rings. The van der Waals surface area contributed by atoms with Crippen molar-refractivity contribution < 1.29 is 5.11 Å². The standard InChI is InChI=1S/C27H42OS/c1-19(16-18-29-26(3,4)5)23-14-15-24-22(10-8-17-27(23,24)6)13-12-21-9-7-11-25(28)20(21)2/h12-14,19,24-25,28H,2,7-11,15-18H2,1,3-6H3/b21-12-,22-13+/t19-,24?,25?,27?/m1/s1. The third-order valence-corrected chi connectivity index (χ3v) is 8.77. The molecule has 4 atom stereocenters. The average molecular weight is 415 g/mol. The van der Waals surface area contributed by atoms with E-state index in [0.29, 0.717) is 22.0 Å². The Labute approximate surface area is 183 Å². The van der Waals surface area contributed by atoms with Crippen LogP contribution in [0, 0.1) is 17.3 Å². The van der Waals surface area contributed by atoms with Crippen LogP contribution in [0.1, 0.15) is 86.0 Å². The molecule has 0 spiro atoms. The van der Waals surface area contributed by atoms with Crippen LogP contribution in [0.3, 0.4) is 0 Å². The Balaban J connectivity index is 1.70. The van der Waals surface area contributed by atoms with Gasteiger partial charge < -0.3 is 5.11 Å².